The molecule has 1 heterocycles. The highest BCUT2D eigenvalue weighted by atomic mass is 32.2. The second kappa shape index (κ2) is 6.50. The van der Waals surface area contributed by atoms with Gasteiger partial charge in [0.1, 0.15) is 5.60 Å². The van der Waals surface area contributed by atoms with Crippen molar-refractivity contribution in [3.8, 4) is 0 Å². The molecule has 0 aliphatic carbocycles. The van der Waals surface area contributed by atoms with E-state index in [-0.39, 0.29) is 0 Å². The van der Waals surface area contributed by atoms with E-state index >= 15 is 0 Å². The van der Waals surface area contributed by atoms with Crippen LogP contribution in [0.3, 0.4) is 0 Å². The molecule has 3 nitrogen and oxygen atoms in total. The normalized spacial score (nSPS) is 19.5. The molecule has 2 N–H and O–H groups in total. The Bertz CT molecular complexity index is 525. The van der Waals surface area contributed by atoms with Crippen molar-refractivity contribution in [3.63, 3.8) is 0 Å². The summed E-state index contributed by atoms with van der Waals surface area (Å²) in [7, 11) is 0. The Morgan fingerprint density at radius 2 is 1.82 bits per heavy atom. The number of aliphatic hydroxyl groups is 1. The second-order valence-corrected chi connectivity index (χ2v) is 6.68. The maximum absolute atomic E-state index is 12.5. The van der Waals surface area contributed by atoms with E-state index in [1.807, 2.05) is 0 Å². The minimum atomic E-state index is -4.38. The summed E-state index contributed by atoms with van der Waals surface area (Å²) in [4.78, 5) is 12.2. The second-order valence-electron chi connectivity index (χ2n) is 5.46. The van der Waals surface area contributed by atoms with Crippen LogP contribution < -0.4 is 5.32 Å². The van der Waals surface area contributed by atoms with E-state index < -0.39 is 29.3 Å². The van der Waals surface area contributed by atoms with Gasteiger partial charge in [0.15, 0.2) is 0 Å². The number of nitrogens with one attached hydrogen (secondary N) is 1. The van der Waals surface area contributed by atoms with Crippen LogP contribution in [0, 0.1) is 0 Å². The highest BCUT2D eigenvalue weighted by Gasteiger charge is 2.38. The molecule has 1 aromatic carbocycles. The number of benzene rings is 1. The number of halogens is 3. The summed E-state index contributed by atoms with van der Waals surface area (Å²) < 4.78 is 37.6. The van der Waals surface area contributed by atoms with Gasteiger partial charge in [0.2, 0.25) is 0 Å². The maximum Gasteiger partial charge on any atom is 0.416 e. The van der Waals surface area contributed by atoms with Gasteiger partial charge in [-0.25, -0.2) is 0 Å². The van der Waals surface area contributed by atoms with Gasteiger partial charge in [-0.3, -0.25) is 4.79 Å². The summed E-state index contributed by atoms with van der Waals surface area (Å²) >= 11 is 1.69. The molecule has 1 atom stereocenters. The predicted octanol–water partition coefficient (Wildman–Crippen LogP) is 3.14. The van der Waals surface area contributed by atoms with Gasteiger partial charge in [0.25, 0.3) is 5.91 Å². The number of alkyl halides is 3. The molecule has 1 aliphatic rings. The molecule has 0 saturated carbocycles. The lowest BCUT2D eigenvalue weighted by atomic mass is 9.95. The Balaban J connectivity index is 2.02. The zero-order valence-corrected chi connectivity index (χ0v) is 12.9. The Labute approximate surface area is 131 Å². The highest BCUT2D eigenvalue weighted by Crippen LogP contribution is 2.31. The molecule has 7 heteroatoms. The molecule has 1 fully saturated rings. The Morgan fingerprint density at radius 1 is 1.27 bits per heavy atom. The van der Waals surface area contributed by atoms with Crippen molar-refractivity contribution in [2.75, 3.05) is 11.5 Å². The number of rotatable bonds is 3. The van der Waals surface area contributed by atoms with Crippen molar-refractivity contribution in [2.24, 2.45) is 0 Å². The molecule has 0 bridgehead atoms. The minimum absolute atomic E-state index is 0.392. The minimum Gasteiger partial charge on any atom is -0.380 e. The van der Waals surface area contributed by atoms with Gasteiger partial charge in [-0.05, 0) is 49.0 Å². The summed E-state index contributed by atoms with van der Waals surface area (Å²) in [5.41, 5.74) is -1.53. The Morgan fingerprint density at radius 3 is 2.32 bits per heavy atom. The summed E-state index contributed by atoms with van der Waals surface area (Å²) in [5.74, 6) is 0.983. The summed E-state index contributed by atoms with van der Waals surface area (Å²) in [6.07, 6.45) is -3.59. The standard InChI is InChI=1S/C15H18F3NO2S/c1-10(11-2-4-12(5-3-11)15(16,17)18)19-13(20)14(21)6-8-22-9-7-14/h2-5,10,21H,6-9H2,1H3,(H,19,20). The SMILES string of the molecule is CC(NC(=O)C1(O)CCSCC1)c1ccc(C(F)(F)F)cc1. The quantitative estimate of drug-likeness (QED) is 0.893. The maximum atomic E-state index is 12.5. The average molecular weight is 333 g/mol. The van der Waals surface area contributed by atoms with Gasteiger partial charge in [-0.15, -0.1) is 0 Å². The summed E-state index contributed by atoms with van der Waals surface area (Å²) in [5, 5.41) is 13.0. The fourth-order valence-electron chi connectivity index (χ4n) is 2.31. The fourth-order valence-corrected chi connectivity index (χ4v) is 3.48. The van der Waals surface area contributed by atoms with E-state index in [1.165, 1.54) is 12.1 Å². The Hall–Kier alpha value is -1.21. The third kappa shape index (κ3) is 3.95. The number of hydrogen-bond acceptors (Lipinski definition) is 3. The van der Waals surface area contributed by atoms with Crippen LogP contribution in [0.1, 0.15) is 36.9 Å². The number of hydrogen-bond donors (Lipinski definition) is 2. The van der Waals surface area contributed by atoms with Crippen molar-refractivity contribution in [2.45, 2.75) is 37.6 Å². The van der Waals surface area contributed by atoms with Crippen LogP contribution in [0.5, 0.6) is 0 Å². The third-order valence-electron chi connectivity index (χ3n) is 3.83. The number of thioether (sulfide) groups is 1. The van der Waals surface area contributed by atoms with Gasteiger partial charge in [0.05, 0.1) is 11.6 Å². The number of amides is 1. The van der Waals surface area contributed by atoms with Crippen LogP contribution in [-0.2, 0) is 11.0 Å². The summed E-state index contributed by atoms with van der Waals surface area (Å²) in [6, 6.07) is 4.20. The van der Waals surface area contributed by atoms with Crippen molar-refractivity contribution < 1.29 is 23.1 Å². The van der Waals surface area contributed by atoms with Gasteiger partial charge in [-0.1, -0.05) is 12.1 Å². The van der Waals surface area contributed by atoms with E-state index in [9.17, 15) is 23.1 Å². The molecular weight excluding hydrogens is 315 g/mol. The molecule has 1 aliphatic heterocycles. The lowest BCUT2D eigenvalue weighted by Crippen LogP contribution is -2.49. The van der Waals surface area contributed by atoms with E-state index in [4.69, 9.17) is 0 Å². The first kappa shape index (κ1) is 17.1. The molecule has 1 saturated heterocycles. The molecule has 122 valence electrons. The molecule has 0 spiro atoms. The number of carbonyl (C=O) groups excluding carboxylic acids is 1. The zero-order valence-electron chi connectivity index (χ0n) is 12.1. The first-order valence-corrected chi connectivity index (χ1v) is 8.16. The molecule has 1 unspecified atom stereocenters. The van der Waals surface area contributed by atoms with Crippen LogP contribution in [0.4, 0.5) is 13.2 Å². The largest absolute Gasteiger partial charge is 0.416 e. The molecular formula is C15H18F3NO2S. The lowest BCUT2D eigenvalue weighted by molar-refractivity contribution is -0.141. The van der Waals surface area contributed by atoms with Crippen molar-refractivity contribution in [1.29, 1.82) is 0 Å². The smallest absolute Gasteiger partial charge is 0.380 e. The van der Waals surface area contributed by atoms with Gasteiger partial charge < -0.3 is 10.4 Å². The lowest BCUT2D eigenvalue weighted by Gasteiger charge is -2.31. The van der Waals surface area contributed by atoms with E-state index in [0.29, 0.717) is 18.4 Å². The van der Waals surface area contributed by atoms with Gasteiger partial charge in [0, 0.05) is 0 Å². The molecule has 0 radical (unpaired) electrons. The molecule has 22 heavy (non-hydrogen) atoms. The fraction of sp³-hybridized carbons (Fsp3) is 0.533. The van der Waals surface area contributed by atoms with Crippen LogP contribution in [-0.4, -0.2) is 28.1 Å². The molecule has 1 aromatic rings. The molecule has 2 rings (SSSR count). The topological polar surface area (TPSA) is 49.3 Å². The van der Waals surface area contributed by atoms with Gasteiger partial charge in [-0.2, -0.15) is 24.9 Å². The van der Waals surface area contributed by atoms with Crippen LogP contribution >= 0.6 is 11.8 Å². The molecule has 0 aromatic heterocycles. The predicted molar refractivity (Wildman–Crippen MR) is 79.5 cm³/mol. The zero-order chi connectivity index (χ0) is 16.4. The first-order chi connectivity index (χ1) is 10.2. The first-order valence-electron chi connectivity index (χ1n) is 7.01. The van der Waals surface area contributed by atoms with Gasteiger partial charge >= 0.3 is 6.18 Å². The average Bonchev–Trinajstić information content (AvgIpc) is 2.47. The van der Waals surface area contributed by atoms with E-state index in [2.05, 4.69) is 5.32 Å². The monoisotopic (exact) mass is 333 g/mol. The van der Waals surface area contributed by atoms with Crippen molar-refractivity contribution >= 4 is 17.7 Å². The van der Waals surface area contributed by atoms with Crippen LogP contribution in [0.15, 0.2) is 24.3 Å². The molecule has 1 amide bonds. The number of carbonyl (C=O) groups is 1. The van der Waals surface area contributed by atoms with E-state index in [0.717, 1.165) is 23.6 Å². The van der Waals surface area contributed by atoms with E-state index in [1.54, 1.807) is 18.7 Å². The highest BCUT2D eigenvalue weighted by molar-refractivity contribution is 7.99. The van der Waals surface area contributed by atoms with Crippen molar-refractivity contribution in [3.05, 3.63) is 35.4 Å². The van der Waals surface area contributed by atoms with Crippen molar-refractivity contribution in [1.82, 2.24) is 5.32 Å². The van der Waals surface area contributed by atoms with Crippen LogP contribution in [0.25, 0.3) is 0 Å². The third-order valence-corrected chi connectivity index (χ3v) is 4.81. The van der Waals surface area contributed by atoms with Crippen LogP contribution in [0.2, 0.25) is 0 Å². The summed E-state index contributed by atoms with van der Waals surface area (Å²) in [6.45, 7) is 1.68. The Kier molecular flexibility index (Phi) is 5.07.